The highest BCUT2D eigenvalue weighted by atomic mass is 16.6. The molecule has 0 bridgehead atoms. The fourth-order valence-electron chi connectivity index (χ4n) is 2.51. The number of pyridine rings is 1. The number of aromatic hydroxyl groups is 1. The topological polar surface area (TPSA) is 163 Å². The number of carboxylic acid groups (broad SMARTS) is 1. The highest BCUT2D eigenvalue weighted by Crippen LogP contribution is 2.28. The standard InChI is InChI=1S/C17H11N3O7/c21-14-11-7-10(20(26)27)4-5-12(11)19-16(23)13(14)15(22)18-9-3-1-2-8(6-9)17(24)25/h1-7H,(H,18,22)(H,24,25)(H2,19,21,23). The highest BCUT2D eigenvalue weighted by molar-refractivity contribution is 6.09. The summed E-state index contributed by atoms with van der Waals surface area (Å²) < 4.78 is 0. The number of non-ortho nitro benzene ring substituents is 1. The Morgan fingerprint density at radius 1 is 1.15 bits per heavy atom. The lowest BCUT2D eigenvalue weighted by Gasteiger charge is -2.09. The van der Waals surface area contributed by atoms with Crippen LogP contribution in [0.3, 0.4) is 0 Å². The van der Waals surface area contributed by atoms with Gasteiger partial charge < -0.3 is 20.5 Å². The van der Waals surface area contributed by atoms with Gasteiger partial charge in [0, 0.05) is 23.2 Å². The maximum absolute atomic E-state index is 12.4. The maximum atomic E-state index is 12.4. The number of amides is 1. The monoisotopic (exact) mass is 369 g/mol. The van der Waals surface area contributed by atoms with E-state index in [1.54, 1.807) is 0 Å². The van der Waals surface area contributed by atoms with Crippen molar-refractivity contribution in [3.8, 4) is 5.75 Å². The normalized spacial score (nSPS) is 10.5. The molecular formula is C17H11N3O7. The molecule has 136 valence electrons. The fourth-order valence-corrected chi connectivity index (χ4v) is 2.51. The van der Waals surface area contributed by atoms with Crippen LogP contribution in [-0.4, -0.2) is 32.0 Å². The van der Waals surface area contributed by atoms with Crippen LogP contribution in [0.4, 0.5) is 11.4 Å². The molecule has 1 heterocycles. The summed E-state index contributed by atoms with van der Waals surface area (Å²) in [5.74, 6) is -2.92. The minimum absolute atomic E-state index is 0.0757. The minimum atomic E-state index is -1.20. The number of nitrogens with one attached hydrogen (secondary N) is 2. The molecule has 0 saturated heterocycles. The van der Waals surface area contributed by atoms with Crippen molar-refractivity contribution in [2.45, 2.75) is 0 Å². The van der Waals surface area contributed by atoms with Crippen LogP contribution in [0.15, 0.2) is 47.3 Å². The van der Waals surface area contributed by atoms with Gasteiger partial charge in [-0.2, -0.15) is 0 Å². The van der Waals surface area contributed by atoms with Gasteiger partial charge >= 0.3 is 5.97 Å². The van der Waals surface area contributed by atoms with Crippen LogP contribution in [0.25, 0.3) is 10.9 Å². The number of carbonyl (C=O) groups excluding carboxylic acids is 1. The lowest BCUT2D eigenvalue weighted by molar-refractivity contribution is -0.384. The van der Waals surface area contributed by atoms with Crippen molar-refractivity contribution in [3.63, 3.8) is 0 Å². The number of rotatable bonds is 4. The van der Waals surface area contributed by atoms with Gasteiger partial charge in [-0.15, -0.1) is 0 Å². The third-order valence-corrected chi connectivity index (χ3v) is 3.78. The molecule has 0 radical (unpaired) electrons. The Labute approximate surface area is 149 Å². The average Bonchev–Trinajstić information content (AvgIpc) is 2.61. The molecule has 0 atom stereocenters. The van der Waals surface area contributed by atoms with Crippen LogP contribution in [0.2, 0.25) is 0 Å². The van der Waals surface area contributed by atoms with Gasteiger partial charge in [-0.3, -0.25) is 19.7 Å². The number of aromatic nitrogens is 1. The van der Waals surface area contributed by atoms with E-state index in [1.165, 1.54) is 30.3 Å². The van der Waals surface area contributed by atoms with Crippen LogP contribution in [0.5, 0.6) is 5.75 Å². The first-order chi connectivity index (χ1) is 12.8. The summed E-state index contributed by atoms with van der Waals surface area (Å²) in [4.78, 5) is 48.2. The summed E-state index contributed by atoms with van der Waals surface area (Å²) in [6, 6.07) is 8.72. The van der Waals surface area contributed by atoms with E-state index >= 15 is 0 Å². The van der Waals surface area contributed by atoms with E-state index in [2.05, 4.69) is 10.3 Å². The van der Waals surface area contributed by atoms with Gasteiger partial charge in [0.2, 0.25) is 0 Å². The number of hydrogen-bond acceptors (Lipinski definition) is 6. The molecule has 0 unspecified atom stereocenters. The largest absolute Gasteiger partial charge is 0.506 e. The van der Waals surface area contributed by atoms with Crippen LogP contribution < -0.4 is 10.9 Å². The smallest absolute Gasteiger partial charge is 0.335 e. The van der Waals surface area contributed by atoms with E-state index in [0.717, 1.165) is 12.1 Å². The number of nitro groups is 1. The van der Waals surface area contributed by atoms with E-state index < -0.39 is 33.7 Å². The van der Waals surface area contributed by atoms with Gasteiger partial charge in [-0.05, 0) is 24.3 Å². The van der Waals surface area contributed by atoms with Gasteiger partial charge in [0.15, 0.2) is 0 Å². The molecule has 2 aromatic carbocycles. The number of aromatic carboxylic acids is 1. The van der Waals surface area contributed by atoms with Gasteiger partial charge in [-0.25, -0.2) is 4.79 Å². The number of fused-ring (bicyclic) bond motifs is 1. The van der Waals surface area contributed by atoms with Gasteiger partial charge in [0.1, 0.15) is 11.3 Å². The van der Waals surface area contributed by atoms with Crippen molar-refractivity contribution >= 4 is 34.2 Å². The number of hydrogen-bond donors (Lipinski definition) is 4. The summed E-state index contributed by atoms with van der Waals surface area (Å²) in [5, 5.41) is 32.4. The molecule has 0 aliphatic heterocycles. The molecule has 0 fully saturated rings. The second-order valence-corrected chi connectivity index (χ2v) is 5.50. The summed E-state index contributed by atoms with van der Waals surface area (Å²) >= 11 is 0. The molecule has 3 rings (SSSR count). The zero-order valence-electron chi connectivity index (χ0n) is 13.4. The molecule has 0 aliphatic rings. The first kappa shape index (κ1) is 17.6. The van der Waals surface area contributed by atoms with E-state index in [0.29, 0.717) is 0 Å². The van der Waals surface area contributed by atoms with Gasteiger partial charge in [0.05, 0.1) is 16.0 Å². The predicted molar refractivity (Wildman–Crippen MR) is 94.2 cm³/mol. The molecule has 27 heavy (non-hydrogen) atoms. The Morgan fingerprint density at radius 2 is 1.89 bits per heavy atom. The van der Waals surface area contributed by atoms with E-state index in [9.17, 15) is 29.6 Å². The van der Waals surface area contributed by atoms with Crippen LogP contribution in [0.1, 0.15) is 20.7 Å². The summed E-state index contributed by atoms with van der Waals surface area (Å²) in [5.41, 5.74) is -1.75. The van der Waals surface area contributed by atoms with Crippen LogP contribution in [-0.2, 0) is 0 Å². The Hall–Kier alpha value is -4.21. The summed E-state index contributed by atoms with van der Waals surface area (Å²) in [7, 11) is 0. The Kier molecular flexibility index (Phi) is 4.30. The number of benzene rings is 2. The third kappa shape index (κ3) is 3.31. The molecule has 1 amide bonds. The molecule has 3 aromatic rings. The molecule has 1 aromatic heterocycles. The third-order valence-electron chi connectivity index (χ3n) is 3.78. The van der Waals surface area contributed by atoms with Crippen LogP contribution in [0, 0.1) is 10.1 Å². The number of anilines is 1. The molecule has 10 nitrogen and oxygen atoms in total. The number of H-pyrrole nitrogens is 1. The quantitative estimate of drug-likeness (QED) is 0.404. The number of nitro benzene ring substituents is 1. The predicted octanol–water partition coefficient (Wildman–Crippen LogP) is 2.09. The summed E-state index contributed by atoms with van der Waals surface area (Å²) in [6.45, 7) is 0. The average molecular weight is 369 g/mol. The molecule has 4 N–H and O–H groups in total. The first-order valence-electron chi connectivity index (χ1n) is 7.46. The molecular weight excluding hydrogens is 358 g/mol. The maximum Gasteiger partial charge on any atom is 0.335 e. The minimum Gasteiger partial charge on any atom is -0.506 e. The number of carbonyl (C=O) groups is 2. The lowest BCUT2D eigenvalue weighted by atomic mass is 10.1. The van der Waals surface area contributed by atoms with Gasteiger partial charge in [-0.1, -0.05) is 6.07 Å². The molecule has 0 saturated carbocycles. The zero-order valence-corrected chi connectivity index (χ0v) is 13.4. The number of aromatic amines is 1. The van der Waals surface area contributed by atoms with Crippen molar-refractivity contribution < 1.29 is 24.7 Å². The molecule has 0 aliphatic carbocycles. The second kappa shape index (κ2) is 6.59. The molecule has 0 spiro atoms. The number of carboxylic acids is 1. The van der Waals surface area contributed by atoms with E-state index in [-0.39, 0.29) is 27.8 Å². The van der Waals surface area contributed by atoms with Crippen molar-refractivity contribution in [1.82, 2.24) is 4.98 Å². The second-order valence-electron chi connectivity index (χ2n) is 5.50. The van der Waals surface area contributed by atoms with Gasteiger partial charge in [0.25, 0.3) is 17.2 Å². The fraction of sp³-hybridized carbons (Fsp3) is 0. The Balaban J connectivity index is 2.06. The Morgan fingerprint density at radius 3 is 2.56 bits per heavy atom. The number of nitrogens with zero attached hydrogens (tertiary/aromatic N) is 1. The van der Waals surface area contributed by atoms with Crippen molar-refractivity contribution in [3.05, 3.63) is 74.1 Å². The lowest BCUT2D eigenvalue weighted by Crippen LogP contribution is -2.23. The first-order valence-corrected chi connectivity index (χ1v) is 7.46. The van der Waals surface area contributed by atoms with Crippen molar-refractivity contribution in [1.29, 1.82) is 0 Å². The molecule has 10 heteroatoms. The van der Waals surface area contributed by atoms with Crippen molar-refractivity contribution in [2.75, 3.05) is 5.32 Å². The van der Waals surface area contributed by atoms with E-state index in [1.807, 2.05) is 0 Å². The zero-order chi connectivity index (χ0) is 19.7. The summed E-state index contributed by atoms with van der Waals surface area (Å²) in [6.07, 6.45) is 0. The van der Waals surface area contributed by atoms with Crippen LogP contribution >= 0.6 is 0 Å². The van der Waals surface area contributed by atoms with E-state index in [4.69, 9.17) is 5.11 Å². The Bertz CT molecular complexity index is 1170. The SMILES string of the molecule is O=C(O)c1cccc(NC(=O)c2c(O)c3cc([N+](=O)[O-])ccc3[nH]c2=O)c1. The highest BCUT2D eigenvalue weighted by Gasteiger charge is 2.21. The van der Waals surface area contributed by atoms with Crippen molar-refractivity contribution in [2.24, 2.45) is 0 Å².